The third-order valence-corrected chi connectivity index (χ3v) is 3.07. The van der Waals surface area contributed by atoms with E-state index in [9.17, 15) is 4.39 Å². The van der Waals surface area contributed by atoms with E-state index in [1.54, 1.807) is 0 Å². The normalized spacial score (nSPS) is 18.4. The minimum atomic E-state index is -0.257. The highest BCUT2D eigenvalue weighted by Gasteiger charge is 2.17. The lowest BCUT2D eigenvalue weighted by atomic mass is 9.90. The van der Waals surface area contributed by atoms with Gasteiger partial charge in [0.15, 0.2) is 0 Å². The van der Waals surface area contributed by atoms with E-state index in [0.29, 0.717) is 10.9 Å². The Hall–Kier alpha value is -0.600. The standard InChI is InChI=1S/C11H13ClFN/c12-11-7-9(13)1-2-10(11)8-3-5-14-6-4-8/h1-2,7-8,14H,3-6H2. The molecule has 2 rings (SSSR count). The molecule has 0 bridgehead atoms. The zero-order chi connectivity index (χ0) is 9.97. The van der Waals surface area contributed by atoms with Crippen LogP contribution in [0.25, 0.3) is 0 Å². The predicted molar refractivity (Wildman–Crippen MR) is 56.3 cm³/mol. The highest BCUT2D eigenvalue weighted by atomic mass is 35.5. The van der Waals surface area contributed by atoms with Crippen molar-refractivity contribution >= 4 is 11.6 Å². The lowest BCUT2D eigenvalue weighted by molar-refractivity contribution is 0.460. The highest BCUT2D eigenvalue weighted by molar-refractivity contribution is 6.31. The molecule has 14 heavy (non-hydrogen) atoms. The van der Waals surface area contributed by atoms with Crippen LogP contribution < -0.4 is 5.32 Å². The van der Waals surface area contributed by atoms with E-state index in [2.05, 4.69) is 5.32 Å². The molecule has 1 nitrogen and oxygen atoms in total. The zero-order valence-electron chi connectivity index (χ0n) is 7.89. The molecule has 1 aromatic rings. The average molecular weight is 214 g/mol. The van der Waals surface area contributed by atoms with Crippen LogP contribution in [0, 0.1) is 5.82 Å². The van der Waals surface area contributed by atoms with E-state index in [0.717, 1.165) is 31.5 Å². The molecule has 3 heteroatoms. The van der Waals surface area contributed by atoms with Crippen LogP contribution in [0.3, 0.4) is 0 Å². The summed E-state index contributed by atoms with van der Waals surface area (Å²) in [6.45, 7) is 2.05. The van der Waals surface area contributed by atoms with Crippen LogP contribution in [-0.2, 0) is 0 Å². The molecular weight excluding hydrogens is 201 g/mol. The summed E-state index contributed by atoms with van der Waals surface area (Å²) >= 11 is 6.00. The first-order chi connectivity index (χ1) is 6.77. The molecule has 0 aromatic heterocycles. The first-order valence-electron chi connectivity index (χ1n) is 4.93. The van der Waals surface area contributed by atoms with Crippen molar-refractivity contribution in [1.29, 1.82) is 0 Å². The summed E-state index contributed by atoms with van der Waals surface area (Å²) in [7, 11) is 0. The Kier molecular flexibility index (Phi) is 3.04. The molecular formula is C11H13ClFN. The maximum absolute atomic E-state index is 12.8. The maximum atomic E-state index is 12.8. The number of rotatable bonds is 1. The molecule has 0 radical (unpaired) electrons. The maximum Gasteiger partial charge on any atom is 0.124 e. The molecule has 0 unspecified atom stereocenters. The Morgan fingerprint density at radius 1 is 1.29 bits per heavy atom. The summed E-state index contributed by atoms with van der Waals surface area (Å²) < 4.78 is 12.8. The summed E-state index contributed by atoms with van der Waals surface area (Å²) in [6, 6.07) is 4.70. The van der Waals surface area contributed by atoms with Gasteiger partial charge < -0.3 is 5.32 Å². The molecule has 1 saturated heterocycles. The Morgan fingerprint density at radius 3 is 2.64 bits per heavy atom. The fourth-order valence-electron chi connectivity index (χ4n) is 1.97. The summed E-state index contributed by atoms with van der Waals surface area (Å²) in [5, 5.41) is 3.86. The lowest BCUT2D eigenvalue weighted by Gasteiger charge is -2.23. The van der Waals surface area contributed by atoms with Crippen LogP contribution in [0.15, 0.2) is 18.2 Å². The minimum absolute atomic E-state index is 0.257. The van der Waals surface area contributed by atoms with Gasteiger partial charge in [0.05, 0.1) is 0 Å². The third-order valence-electron chi connectivity index (χ3n) is 2.74. The predicted octanol–water partition coefficient (Wildman–Crippen LogP) is 2.95. The van der Waals surface area contributed by atoms with E-state index in [1.165, 1.54) is 12.1 Å². The third kappa shape index (κ3) is 2.07. The van der Waals surface area contributed by atoms with Gasteiger partial charge >= 0.3 is 0 Å². The molecule has 0 amide bonds. The van der Waals surface area contributed by atoms with Crippen LogP contribution in [0.4, 0.5) is 4.39 Å². The summed E-state index contributed by atoms with van der Waals surface area (Å²) in [6.07, 6.45) is 2.18. The van der Waals surface area contributed by atoms with Crippen LogP contribution in [0.1, 0.15) is 24.3 Å². The van der Waals surface area contributed by atoms with E-state index >= 15 is 0 Å². The molecule has 0 spiro atoms. The molecule has 1 aromatic carbocycles. The molecule has 0 saturated carbocycles. The number of halogens is 2. The van der Waals surface area contributed by atoms with Crippen molar-refractivity contribution in [2.24, 2.45) is 0 Å². The van der Waals surface area contributed by atoms with Gasteiger partial charge in [-0.3, -0.25) is 0 Å². The molecule has 0 aliphatic carbocycles. The monoisotopic (exact) mass is 213 g/mol. The molecule has 1 aliphatic rings. The van der Waals surface area contributed by atoms with E-state index in [-0.39, 0.29) is 5.82 Å². The molecule has 1 heterocycles. The molecule has 1 aliphatic heterocycles. The van der Waals surface area contributed by atoms with E-state index < -0.39 is 0 Å². The fourth-order valence-corrected chi connectivity index (χ4v) is 2.29. The Bertz CT molecular complexity index is 321. The first-order valence-corrected chi connectivity index (χ1v) is 5.31. The van der Waals surface area contributed by atoms with Gasteiger partial charge in [0.25, 0.3) is 0 Å². The fraction of sp³-hybridized carbons (Fsp3) is 0.455. The van der Waals surface area contributed by atoms with Crippen LogP contribution in [-0.4, -0.2) is 13.1 Å². The summed E-state index contributed by atoms with van der Waals surface area (Å²) in [5.41, 5.74) is 1.09. The molecule has 76 valence electrons. The number of nitrogens with one attached hydrogen (secondary N) is 1. The number of benzene rings is 1. The van der Waals surface area contributed by atoms with Crippen LogP contribution in [0.5, 0.6) is 0 Å². The van der Waals surface area contributed by atoms with Crippen molar-refractivity contribution in [2.75, 3.05) is 13.1 Å². The van der Waals surface area contributed by atoms with Gasteiger partial charge in [0.2, 0.25) is 0 Å². The zero-order valence-corrected chi connectivity index (χ0v) is 8.65. The van der Waals surface area contributed by atoms with Crippen molar-refractivity contribution in [3.63, 3.8) is 0 Å². The van der Waals surface area contributed by atoms with Crippen LogP contribution >= 0.6 is 11.6 Å². The molecule has 1 fully saturated rings. The second-order valence-electron chi connectivity index (χ2n) is 3.69. The van der Waals surface area contributed by atoms with Crippen molar-refractivity contribution in [1.82, 2.24) is 5.32 Å². The van der Waals surface area contributed by atoms with Crippen LogP contribution in [0.2, 0.25) is 5.02 Å². The Morgan fingerprint density at radius 2 is 2.00 bits per heavy atom. The van der Waals surface area contributed by atoms with Gasteiger partial charge in [-0.25, -0.2) is 4.39 Å². The van der Waals surface area contributed by atoms with Gasteiger partial charge in [-0.05, 0) is 49.5 Å². The smallest absolute Gasteiger partial charge is 0.124 e. The number of hydrogen-bond donors (Lipinski definition) is 1. The van der Waals surface area contributed by atoms with Gasteiger partial charge in [0, 0.05) is 5.02 Å². The molecule has 0 atom stereocenters. The largest absolute Gasteiger partial charge is 0.317 e. The quantitative estimate of drug-likeness (QED) is 0.757. The first kappa shape index (κ1) is 9.94. The summed E-state index contributed by atoms with van der Waals surface area (Å²) in [4.78, 5) is 0. The average Bonchev–Trinajstić information content (AvgIpc) is 2.19. The minimum Gasteiger partial charge on any atom is -0.317 e. The second-order valence-corrected chi connectivity index (χ2v) is 4.10. The van der Waals surface area contributed by atoms with Crippen molar-refractivity contribution < 1.29 is 4.39 Å². The topological polar surface area (TPSA) is 12.0 Å². The van der Waals surface area contributed by atoms with E-state index in [1.807, 2.05) is 6.07 Å². The lowest BCUT2D eigenvalue weighted by Crippen LogP contribution is -2.26. The Balaban J connectivity index is 2.22. The highest BCUT2D eigenvalue weighted by Crippen LogP contribution is 2.31. The number of hydrogen-bond acceptors (Lipinski definition) is 1. The number of piperidine rings is 1. The summed E-state index contributed by atoms with van der Waals surface area (Å²) in [5.74, 6) is 0.233. The van der Waals surface area contributed by atoms with Gasteiger partial charge in [0.1, 0.15) is 5.82 Å². The van der Waals surface area contributed by atoms with Gasteiger partial charge in [-0.15, -0.1) is 0 Å². The Labute approximate surface area is 88.3 Å². The van der Waals surface area contributed by atoms with E-state index in [4.69, 9.17) is 11.6 Å². The van der Waals surface area contributed by atoms with Gasteiger partial charge in [-0.2, -0.15) is 0 Å². The molecule has 1 N–H and O–H groups in total. The SMILES string of the molecule is Fc1ccc(C2CCNCC2)c(Cl)c1. The van der Waals surface area contributed by atoms with Crippen molar-refractivity contribution in [2.45, 2.75) is 18.8 Å². The van der Waals surface area contributed by atoms with Crippen molar-refractivity contribution in [3.8, 4) is 0 Å². The second kappa shape index (κ2) is 4.28. The van der Waals surface area contributed by atoms with Gasteiger partial charge in [-0.1, -0.05) is 17.7 Å². The van der Waals surface area contributed by atoms with Crippen molar-refractivity contribution in [3.05, 3.63) is 34.6 Å².